The highest BCUT2D eigenvalue weighted by atomic mass is 15.2. The maximum absolute atomic E-state index is 8.36. The van der Waals surface area contributed by atoms with Crippen LogP contribution >= 0.6 is 0 Å². The molecule has 0 saturated heterocycles. The Balaban J connectivity index is 1.92. The zero-order chi connectivity index (χ0) is 12.0. The number of nitrogens with zero attached hydrogens (tertiary/aromatic N) is 1. The van der Waals surface area contributed by atoms with Crippen molar-refractivity contribution in [3.8, 4) is 0 Å². The van der Waals surface area contributed by atoms with Crippen LogP contribution in [0.25, 0.3) is 0 Å². The molecule has 3 rings (SSSR count). The largest absolute Gasteiger partial charge is 0.349 e. The van der Waals surface area contributed by atoms with Gasteiger partial charge in [-0.3, -0.25) is 5.41 Å². The van der Waals surface area contributed by atoms with Crippen LogP contribution in [0.1, 0.15) is 44.2 Å². The Kier molecular flexibility index (Phi) is 2.29. The second-order valence-electron chi connectivity index (χ2n) is 6.03. The summed E-state index contributed by atoms with van der Waals surface area (Å²) in [6.07, 6.45) is 3.83. The summed E-state index contributed by atoms with van der Waals surface area (Å²) in [7, 11) is 0. The van der Waals surface area contributed by atoms with Crippen LogP contribution in [0, 0.1) is 10.8 Å². The fourth-order valence-electron chi connectivity index (χ4n) is 3.46. The number of hydrogen-bond acceptors (Lipinski definition) is 1. The lowest BCUT2D eigenvalue weighted by Crippen LogP contribution is -2.42. The van der Waals surface area contributed by atoms with Gasteiger partial charge in [0.15, 0.2) is 0 Å². The molecule has 90 valence electrons. The number of rotatable bonds is 1. The van der Waals surface area contributed by atoms with E-state index >= 15 is 0 Å². The summed E-state index contributed by atoms with van der Waals surface area (Å²) in [6.45, 7) is 5.63. The Labute approximate surface area is 103 Å². The van der Waals surface area contributed by atoms with Crippen molar-refractivity contribution in [3.63, 3.8) is 0 Å². The first-order valence-corrected chi connectivity index (χ1v) is 6.53. The molecule has 1 fully saturated rings. The van der Waals surface area contributed by atoms with Crippen molar-refractivity contribution in [2.24, 2.45) is 5.41 Å². The van der Waals surface area contributed by atoms with Crippen molar-refractivity contribution in [2.45, 2.75) is 45.7 Å². The summed E-state index contributed by atoms with van der Waals surface area (Å²) in [4.78, 5) is 2.32. The van der Waals surface area contributed by atoms with Crippen LogP contribution in [0.15, 0.2) is 24.3 Å². The lowest BCUT2D eigenvalue weighted by Gasteiger charge is -2.36. The Morgan fingerprint density at radius 3 is 2.71 bits per heavy atom. The van der Waals surface area contributed by atoms with Crippen LogP contribution in [-0.2, 0) is 6.54 Å². The van der Waals surface area contributed by atoms with Crippen molar-refractivity contribution >= 4 is 5.84 Å². The third-order valence-corrected chi connectivity index (χ3v) is 4.48. The lowest BCUT2D eigenvalue weighted by atomic mass is 9.86. The predicted molar refractivity (Wildman–Crippen MR) is 70.2 cm³/mol. The fourth-order valence-corrected chi connectivity index (χ4v) is 3.46. The molecule has 1 aromatic rings. The monoisotopic (exact) mass is 228 g/mol. The zero-order valence-corrected chi connectivity index (χ0v) is 10.7. The van der Waals surface area contributed by atoms with E-state index in [2.05, 4.69) is 36.9 Å². The van der Waals surface area contributed by atoms with Crippen LogP contribution in [0.2, 0.25) is 0 Å². The summed E-state index contributed by atoms with van der Waals surface area (Å²) in [6, 6.07) is 8.90. The van der Waals surface area contributed by atoms with Gasteiger partial charge in [-0.25, -0.2) is 0 Å². The summed E-state index contributed by atoms with van der Waals surface area (Å²) in [5.41, 5.74) is 2.81. The molecular formula is C15H20N2. The first-order valence-electron chi connectivity index (χ1n) is 6.53. The minimum absolute atomic E-state index is 0.355. The van der Waals surface area contributed by atoms with Gasteiger partial charge in [-0.2, -0.15) is 0 Å². The molecule has 0 bridgehead atoms. The molecule has 1 heterocycles. The van der Waals surface area contributed by atoms with E-state index in [-0.39, 0.29) is 0 Å². The Morgan fingerprint density at radius 2 is 2.06 bits per heavy atom. The van der Waals surface area contributed by atoms with Crippen LogP contribution < -0.4 is 0 Å². The first kappa shape index (κ1) is 10.8. The molecule has 0 aromatic heterocycles. The van der Waals surface area contributed by atoms with E-state index in [1.807, 2.05) is 6.07 Å². The van der Waals surface area contributed by atoms with Crippen molar-refractivity contribution in [1.29, 1.82) is 5.41 Å². The van der Waals surface area contributed by atoms with E-state index in [0.29, 0.717) is 11.5 Å². The molecule has 2 heteroatoms. The molecule has 0 amide bonds. The second-order valence-corrected chi connectivity index (χ2v) is 6.03. The molecule has 17 heavy (non-hydrogen) atoms. The molecule has 2 nitrogen and oxygen atoms in total. The summed E-state index contributed by atoms with van der Waals surface area (Å²) in [5, 5.41) is 8.36. The van der Waals surface area contributed by atoms with Gasteiger partial charge in [0.25, 0.3) is 0 Å². The predicted octanol–water partition coefficient (Wildman–Crippen LogP) is 3.41. The summed E-state index contributed by atoms with van der Waals surface area (Å²) in [5.74, 6) is 0.737. The summed E-state index contributed by atoms with van der Waals surface area (Å²) < 4.78 is 0. The zero-order valence-electron chi connectivity index (χ0n) is 10.7. The van der Waals surface area contributed by atoms with E-state index in [4.69, 9.17) is 5.41 Å². The smallest absolute Gasteiger partial charge is 0.128 e. The maximum Gasteiger partial charge on any atom is 0.128 e. The minimum atomic E-state index is 0.355. The first-order chi connectivity index (χ1) is 8.09. The van der Waals surface area contributed by atoms with Crippen molar-refractivity contribution in [2.75, 3.05) is 0 Å². The van der Waals surface area contributed by atoms with Crippen LogP contribution in [0.5, 0.6) is 0 Å². The van der Waals surface area contributed by atoms with Gasteiger partial charge >= 0.3 is 0 Å². The van der Waals surface area contributed by atoms with E-state index in [0.717, 1.165) is 17.9 Å². The second kappa shape index (κ2) is 3.59. The molecular weight excluding hydrogens is 208 g/mol. The van der Waals surface area contributed by atoms with Gasteiger partial charge in [-0.05, 0) is 23.8 Å². The van der Waals surface area contributed by atoms with Crippen molar-refractivity contribution < 1.29 is 0 Å². The molecule has 0 spiro atoms. The average Bonchev–Trinajstić information content (AvgIpc) is 2.80. The van der Waals surface area contributed by atoms with Crippen LogP contribution in [-0.4, -0.2) is 16.8 Å². The molecule has 1 aromatic carbocycles. The van der Waals surface area contributed by atoms with Gasteiger partial charge in [-0.1, -0.05) is 44.5 Å². The molecule has 2 aliphatic rings. The maximum atomic E-state index is 8.36. The number of nitrogens with one attached hydrogen (secondary N) is 1. The average molecular weight is 228 g/mol. The highest BCUT2D eigenvalue weighted by Crippen LogP contribution is 2.43. The number of benzene rings is 1. The standard InChI is InChI=1S/C15H20N2/c1-15(2)9-5-8-13(15)17-10-11-6-3-4-7-12(11)14(17)16/h3-4,6-7,13,16H,5,8-10H2,1-2H3. The number of amidine groups is 1. The van der Waals surface area contributed by atoms with Gasteiger partial charge in [0.05, 0.1) is 0 Å². The quantitative estimate of drug-likeness (QED) is 0.783. The van der Waals surface area contributed by atoms with Gasteiger partial charge in [0.1, 0.15) is 5.84 Å². The number of hydrogen-bond donors (Lipinski definition) is 1. The summed E-state index contributed by atoms with van der Waals surface area (Å²) >= 11 is 0. The SMILES string of the molecule is CC1(C)CCCC1N1Cc2ccccc2C1=N. The molecule has 1 saturated carbocycles. The lowest BCUT2D eigenvalue weighted by molar-refractivity contribution is 0.183. The molecule has 1 aliphatic heterocycles. The minimum Gasteiger partial charge on any atom is -0.349 e. The van der Waals surface area contributed by atoms with E-state index in [1.165, 1.54) is 24.8 Å². The molecule has 1 N–H and O–H groups in total. The highest BCUT2D eigenvalue weighted by Gasteiger charge is 2.41. The molecule has 1 aliphatic carbocycles. The third-order valence-electron chi connectivity index (χ3n) is 4.48. The van der Waals surface area contributed by atoms with Gasteiger partial charge < -0.3 is 4.90 Å². The van der Waals surface area contributed by atoms with Gasteiger partial charge in [0, 0.05) is 18.2 Å². The van der Waals surface area contributed by atoms with E-state index in [9.17, 15) is 0 Å². The van der Waals surface area contributed by atoms with Crippen molar-refractivity contribution in [3.05, 3.63) is 35.4 Å². The Bertz CT molecular complexity index is 462. The Hall–Kier alpha value is -1.31. The molecule has 1 unspecified atom stereocenters. The topological polar surface area (TPSA) is 27.1 Å². The van der Waals surface area contributed by atoms with Crippen molar-refractivity contribution in [1.82, 2.24) is 4.90 Å². The van der Waals surface area contributed by atoms with Gasteiger partial charge in [-0.15, -0.1) is 0 Å². The molecule has 1 atom stereocenters. The van der Waals surface area contributed by atoms with E-state index in [1.54, 1.807) is 0 Å². The van der Waals surface area contributed by atoms with Crippen LogP contribution in [0.4, 0.5) is 0 Å². The Morgan fingerprint density at radius 1 is 1.29 bits per heavy atom. The van der Waals surface area contributed by atoms with Crippen LogP contribution in [0.3, 0.4) is 0 Å². The van der Waals surface area contributed by atoms with Gasteiger partial charge in [0.2, 0.25) is 0 Å². The molecule has 0 radical (unpaired) electrons. The number of fused-ring (bicyclic) bond motifs is 1. The highest BCUT2D eigenvalue weighted by molar-refractivity contribution is 6.00. The normalized spacial score (nSPS) is 26.4. The fraction of sp³-hybridized carbons (Fsp3) is 0.533. The third kappa shape index (κ3) is 1.58. The van der Waals surface area contributed by atoms with E-state index < -0.39 is 0 Å².